The molecule has 162 valence electrons. The van der Waals surface area contributed by atoms with Gasteiger partial charge in [-0.05, 0) is 49.4 Å². The zero-order valence-corrected chi connectivity index (χ0v) is 17.7. The first-order chi connectivity index (χ1) is 15.1. The predicted molar refractivity (Wildman–Crippen MR) is 119 cm³/mol. The summed E-state index contributed by atoms with van der Waals surface area (Å²) in [5.41, 5.74) is 2.66. The number of aromatic nitrogens is 1. The molecule has 1 aliphatic heterocycles. The number of nitrogens with one attached hydrogen (secondary N) is 1. The van der Waals surface area contributed by atoms with E-state index in [1.54, 1.807) is 24.0 Å². The Morgan fingerprint density at radius 2 is 1.87 bits per heavy atom. The Morgan fingerprint density at radius 1 is 1.13 bits per heavy atom. The van der Waals surface area contributed by atoms with Crippen LogP contribution in [-0.2, 0) is 16.0 Å². The van der Waals surface area contributed by atoms with E-state index in [0.717, 1.165) is 16.5 Å². The minimum atomic E-state index is -0.820. The Labute approximate surface area is 181 Å². The van der Waals surface area contributed by atoms with E-state index < -0.39 is 12.1 Å². The lowest BCUT2D eigenvalue weighted by Crippen LogP contribution is -2.56. The summed E-state index contributed by atoms with van der Waals surface area (Å²) in [6, 6.07) is 16.7. The van der Waals surface area contributed by atoms with Crippen molar-refractivity contribution in [2.75, 3.05) is 13.2 Å². The maximum atomic E-state index is 13.3. The molecule has 0 aliphatic carbocycles. The molecule has 3 unspecified atom stereocenters. The Morgan fingerprint density at radius 3 is 2.65 bits per heavy atom. The average molecular weight is 421 g/mol. The van der Waals surface area contributed by atoms with Crippen LogP contribution in [0.1, 0.15) is 35.7 Å². The first-order valence-corrected chi connectivity index (χ1v) is 10.8. The molecule has 3 atom stereocenters. The number of aliphatic hydroxyl groups excluding tert-OH is 1. The number of nitrogens with zero attached hydrogens (tertiary/aromatic N) is 1. The van der Waals surface area contributed by atoms with E-state index in [0.29, 0.717) is 31.6 Å². The maximum absolute atomic E-state index is 13.3. The fourth-order valence-electron chi connectivity index (χ4n) is 4.55. The van der Waals surface area contributed by atoms with Gasteiger partial charge in [-0.1, -0.05) is 36.4 Å². The number of rotatable bonds is 6. The summed E-state index contributed by atoms with van der Waals surface area (Å²) >= 11 is 0. The highest BCUT2D eigenvalue weighted by Crippen LogP contribution is 2.31. The molecule has 31 heavy (non-hydrogen) atoms. The lowest BCUT2D eigenvalue weighted by atomic mass is 9.82. The molecule has 1 amide bonds. The molecule has 6 nitrogen and oxygen atoms in total. The van der Waals surface area contributed by atoms with Gasteiger partial charge in [-0.15, -0.1) is 0 Å². The molecular formula is C25H28N2O4. The maximum Gasteiger partial charge on any atom is 0.306 e. The Balaban J connectivity index is 1.63. The highest BCUT2D eigenvalue weighted by atomic mass is 16.5. The molecule has 1 saturated heterocycles. The number of carbonyl (C=O) groups excluding carboxylic acids is 2. The summed E-state index contributed by atoms with van der Waals surface area (Å²) in [6.07, 6.45) is 2.34. The molecular weight excluding hydrogens is 392 g/mol. The van der Waals surface area contributed by atoms with Gasteiger partial charge < -0.3 is 19.7 Å². The average Bonchev–Trinajstić information content (AvgIpc) is 3.20. The second kappa shape index (κ2) is 9.35. The number of fused-ring (bicyclic) bond motifs is 1. The van der Waals surface area contributed by atoms with Crippen molar-refractivity contribution < 1.29 is 19.4 Å². The molecule has 6 heteroatoms. The van der Waals surface area contributed by atoms with Crippen LogP contribution in [0.2, 0.25) is 0 Å². The van der Waals surface area contributed by atoms with Crippen LogP contribution < -0.4 is 0 Å². The molecule has 3 aromatic rings. The largest absolute Gasteiger partial charge is 0.466 e. The summed E-state index contributed by atoms with van der Waals surface area (Å²) in [7, 11) is 0. The number of ether oxygens (including phenoxy) is 1. The number of esters is 1. The highest BCUT2D eigenvalue weighted by Gasteiger charge is 2.40. The first-order valence-electron chi connectivity index (χ1n) is 10.8. The summed E-state index contributed by atoms with van der Waals surface area (Å²) in [5.74, 6) is -0.645. The van der Waals surface area contributed by atoms with E-state index in [1.165, 1.54) is 0 Å². The smallest absolute Gasteiger partial charge is 0.306 e. The van der Waals surface area contributed by atoms with Crippen molar-refractivity contribution in [3.63, 3.8) is 0 Å². The van der Waals surface area contributed by atoms with Gasteiger partial charge in [0.15, 0.2) is 0 Å². The summed E-state index contributed by atoms with van der Waals surface area (Å²) in [5, 5.41) is 12.3. The van der Waals surface area contributed by atoms with Gasteiger partial charge in [0.1, 0.15) is 0 Å². The molecule has 0 spiro atoms. The van der Waals surface area contributed by atoms with Crippen molar-refractivity contribution in [1.82, 2.24) is 9.88 Å². The van der Waals surface area contributed by atoms with Crippen LogP contribution in [0.15, 0.2) is 60.8 Å². The summed E-state index contributed by atoms with van der Waals surface area (Å²) in [6.45, 7) is 2.58. The minimum absolute atomic E-state index is 0.0981. The van der Waals surface area contributed by atoms with E-state index >= 15 is 0 Å². The van der Waals surface area contributed by atoms with Crippen LogP contribution in [0.5, 0.6) is 0 Å². The van der Waals surface area contributed by atoms with Crippen LogP contribution in [0, 0.1) is 5.92 Å². The van der Waals surface area contributed by atoms with Crippen molar-refractivity contribution in [3.8, 4) is 0 Å². The second-order valence-corrected chi connectivity index (χ2v) is 8.04. The fourth-order valence-corrected chi connectivity index (χ4v) is 4.55. The van der Waals surface area contributed by atoms with Gasteiger partial charge in [0.05, 0.1) is 25.2 Å². The number of H-pyrrole nitrogens is 1. The van der Waals surface area contributed by atoms with Crippen LogP contribution in [-0.4, -0.2) is 52.2 Å². The third-order valence-electron chi connectivity index (χ3n) is 6.14. The number of hydrogen-bond donors (Lipinski definition) is 2. The molecule has 1 aliphatic rings. The van der Waals surface area contributed by atoms with Crippen LogP contribution in [0.4, 0.5) is 0 Å². The Hall–Kier alpha value is -3.12. The van der Waals surface area contributed by atoms with Gasteiger partial charge in [-0.25, -0.2) is 0 Å². The molecule has 1 aromatic heterocycles. The summed E-state index contributed by atoms with van der Waals surface area (Å²) < 4.78 is 5.10. The van der Waals surface area contributed by atoms with Crippen molar-refractivity contribution in [2.45, 2.75) is 38.3 Å². The second-order valence-electron chi connectivity index (χ2n) is 8.04. The molecule has 0 saturated carbocycles. The fraction of sp³-hybridized carbons (Fsp3) is 0.360. The normalized spacial score (nSPS) is 21.2. The van der Waals surface area contributed by atoms with Gasteiger partial charge in [-0.3, -0.25) is 9.59 Å². The molecule has 0 radical (unpaired) electrons. The zero-order chi connectivity index (χ0) is 21.8. The molecule has 2 heterocycles. The van der Waals surface area contributed by atoms with Gasteiger partial charge in [-0.2, -0.15) is 0 Å². The van der Waals surface area contributed by atoms with Crippen molar-refractivity contribution in [3.05, 3.63) is 71.9 Å². The standard InChI is InChI=1S/C25H28N2O4/c1-2-31-23(28)15-18-12-13-27(25(30)17-8-4-3-5-9-17)22(24(18)29)14-19-16-26-21-11-7-6-10-20(19)21/h3-11,16,18,22,24,26,29H,2,12-15H2,1H3. The molecule has 4 rings (SSSR count). The van der Waals surface area contributed by atoms with E-state index in [-0.39, 0.29) is 24.2 Å². The Kier molecular flexibility index (Phi) is 6.37. The van der Waals surface area contributed by atoms with Crippen molar-refractivity contribution >= 4 is 22.8 Å². The molecule has 2 aromatic carbocycles. The minimum Gasteiger partial charge on any atom is -0.466 e. The number of benzene rings is 2. The van der Waals surface area contributed by atoms with E-state index in [2.05, 4.69) is 4.98 Å². The zero-order valence-electron chi connectivity index (χ0n) is 17.7. The van der Waals surface area contributed by atoms with Gasteiger partial charge >= 0.3 is 5.97 Å². The molecule has 0 bridgehead atoms. The monoisotopic (exact) mass is 420 g/mol. The number of para-hydroxylation sites is 1. The van der Waals surface area contributed by atoms with E-state index in [4.69, 9.17) is 4.74 Å². The third-order valence-corrected chi connectivity index (χ3v) is 6.14. The van der Waals surface area contributed by atoms with E-state index in [9.17, 15) is 14.7 Å². The topological polar surface area (TPSA) is 82.6 Å². The summed E-state index contributed by atoms with van der Waals surface area (Å²) in [4.78, 5) is 30.4. The number of hydrogen-bond acceptors (Lipinski definition) is 4. The van der Waals surface area contributed by atoms with Gasteiger partial charge in [0.25, 0.3) is 5.91 Å². The highest BCUT2D eigenvalue weighted by molar-refractivity contribution is 5.94. The van der Waals surface area contributed by atoms with Crippen LogP contribution in [0.25, 0.3) is 10.9 Å². The third kappa shape index (κ3) is 4.49. The number of amides is 1. The van der Waals surface area contributed by atoms with Gasteiger partial charge in [0, 0.05) is 29.2 Å². The molecule has 2 N–H and O–H groups in total. The number of carbonyl (C=O) groups is 2. The SMILES string of the molecule is CCOC(=O)CC1CCN(C(=O)c2ccccc2)C(Cc2c[nH]c3ccccc23)C1O. The lowest BCUT2D eigenvalue weighted by Gasteiger charge is -2.43. The number of likely N-dealkylation sites (tertiary alicyclic amines) is 1. The number of aromatic amines is 1. The van der Waals surface area contributed by atoms with Crippen LogP contribution in [0.3, 0.4) is 0 Å². The quantitative estimate of drug-likeness (QED) is 0.598. The number of aliphatic hydroxyl groups is 1. The van der Waals surface area contributed by atoms with Crippen LogP contribution >= 0.6 is 0 Å². The predicted octanol–water partition coefficient (Wildman–Crippen LogP) is 3.56. The first kappa shape index (κ1) is 21.1. The van der Waals surface area contributed by atoms with Crippen molar-refractivity contribution in [2.24, 2.45) is 5.92 Å². The number of piperidine rings is 1. The Bertz CT molecular complexity index is 1050. The van der Waals surface area contributed by atoms with Crippen molar-refractivity contribution in [1.29, 1.82) is 0 Å². The lowest BCUT2D eigenvalue weighted by molar-refractivity contribution is -0.146. The van der Waals surface area contributed by atoms with Gasteiger partial charge in [0.2, 0.25) is 0 Å². The molecule has 1 fully saturated rings. The van der Waals surface area contributed by atoms with E-state index in [1.807, 2.05) is 48.7 Å².